The number of rotatable bonds is 7. The first-order chi connectivity index (χ1) is 8.33. The summed E-state index contributed by atoms with van der Waals surface area (Å²) in [7, 11) is -4.03. The molecule has 0 bridgehead atoms. The summed E-state index contributed by atoms with van der Waals surface area (Å²) in [6.45, 7) is 0. The molecular formula is C8H11N3O6S. The second-order valence-electron chi connectivity index (χ2n) is 3.38. The first kappa shape index (κ1) is 14.1. The molecule has 18 heavy (non-hydrogen) atoms. The molecule has 0 aliphatic carbocycles. The van der Waals surface area contributed by atoms with Crippen LogP contribution in [0.1, 0.15) is 12.8 Å². The SMILES string of the molecule is O=C(O)CC[C@H](NS(=O)(=O)c1cn[nH]c1)C(=O)O. The van der Waals surface area contributed by atoms with Crippen LogP contribution in [-0.4, -0.2) is 46.8 Å². The summed E-state index contributed by atoms with van der Waals surface area (Å²) in [4.78, 5) is 20.9. The average Bonchev–Trinajstić information content (AvgIpc) is 2.77. The zero-order valence-electron chi connectivity index (χ0n) is 9.03. The van der Waals surface area contributed by atoms with Gasteiger partial charge in [0.25, 0.3) is 0 Å². The third-order valence-electron chi connectivity index (χ3n) is 2.03. The Bertz CT molecular complexity index is 523. The quantitative estimate of drug-likeness (QED) is 0.499. The lowest BCUT2D eigenvalue weighted by molar-refractivity contribution is -0.140. The summed E-state index contributed by atoms with van der Waals surface area (Å²) in [5.41, 5.74) is 0. The molecule has 1 aromatic rings. The molecule has 4 N–H and O–H groups in total. The van der Waals surface area contributed by atoms with Crippen LogP contribution in [0.3, 0.4) is 0 Å². The molecule has 1 rings (SSSR count). The fourth-order valence-corrected chi connectivity index (χ4v) is 2.27. The highest BCUT2D eigenvalue weighted by atomic mass is 32.2. The number of nitrogens with zero attached hydrogens (tertiary/aromatic N) is 1. The normalized spacial score (nSPS) is 13.1. The van der Waals surface area contributed by atoms with Crippen molar-refractivity contribution in [2.75, 3.05) is 0 Å². The smallest absolute Gasteiger partial charge is 0.321 e. The van der Waals surface area contributed by atoms with E-state index >= 15 is 0 Å². The molecule has 1 atom stereocenters. The highest BCUT2D eigenvalue weighted by Crippen LogP contribution is 2.08. The summed E-state index contributed by atoms with van der Waals surface area (Å²) >= 11 is 0. The van der Waals surface area contributed by atoms with Crippen molar-refractivity contribution in [3.63, 3.8) is 0 Å². The van der Waals surface area contributed by atoms with E-state index in [4.69, 9.17) is 10.2 Å². The number of H-pyrrole nitrogens is 1. The lowest BCUT2D eigenvalue weighted by atomic mass is 10.2. The van der Waals surface area contributed by atoms with E-state index in [1.165, 1.54) is 0 Å². The standard InChI is InChI=1S/C8H11N3O6S/c12-7(13)2-1-6(8(14)15)11-18(16,17)5-3-9-10-4-5/h3-4,6,11H,1-2H2,(H,9,10)(H,12,13)(H,14,15)/t6-/m0/s1. The van der Waals surface area contributed by atoms with E-state index in [9.17, 15) is 18.0 Å². The van der Waals surface area contributed by atoms with Gasteiger partial charge in [0.15, 0.2) is 0 Å². The van der Waals surface area contributed by atoms with Gasteiger partial charge in [-0.05, 0) is 6.42 Å². The van der Waals surface area contributed by atoms with Gasteiger partial charge in [0.1, 0.15) is 10.9 Å². The van der Waals surface area contributed by atoms with Crippen LogP contribution in [0.5, 0.6) is 0 Å². The van der Waals surface area contributed by atoms with E-state index in [1.54, 1.807) is 0 Å². The molecule has 0 saturated heterocycles. The molecule has 100 valence electrons. The third kappa shape index (κ3) is 3.82. The van der Waals surface area contributed by atoms with Gasteiger partial charge in [-0.25, -0.2) is 8.42 Å². The van der Waals surface area contributed by atoms with E-state index in [2.05, 4.69) is 10.2 Å². The van der Waals surface area contributed by atoms with E-state index in [-0.39, 0.29) is 11.3 Å². The fraction of sp³-hybridized carbons (Fsp3) is 0.375. The molecule has 0 spiro atoms. The number of aliphatic carboxylic acids is 2. The van der Waals surface area contributed by atoms with Gasteiger partial charge >= 0.3 is 11.9 Å². The predicted molar refractivity (Wildman–Crippen MR) is 57.2 cm³/mol. The van der Waals surface area contributed by atoms with E-state index < -0.39 is 34.4 Å². The highest BCUT2D eigenvalue weighted by molar-refractivity contribution is 7.89. The Morgan fingerprint density at radius 2 is 2.11 bits per heavy atom. The summed E-state index contributed by atoms with van der Waals surface area (Å²) in [6, 6.07) is -1.50. The Kier molecular flexibility index (Phi) is 4.39. The minimum atomic E-state index is -4.03. The maximum Gasteiger partial charge on any atom is 0.321 e. The summed E-state index contributed by atoms with van der Waals surface area (Å²) in [5, 5.41) is 23.0. The monoisotopic (exact) mass is 277 g/mol. The number of carboxylic acids is 2. The minimum absolute atomic E-state index is 0.218. The van der Waals surface area contributed by atoms with Gasteiger partial charge in [-0.3, -0.25) is 14.7 Å². The molecule has 0 aliphatic rings. The summed E-state index contributed by atoms with van der Waals surface area (Å²) < 4.78 is 25.2. The van der Waals surface area contributed by atoms with Crippen LogP contribution < -0.4 is 4.72 Å². The lowest BCUT2D eigenvalue weighted by Crippen LogP contribution is -2.40. The van der Waals surface area contributed by atoms with Crippen LogP contribution in [-0.2, 0) is 19.6 Å². The topological polar surface area (TPSA) is 149 Å². The van der Waals surface area contributed by atoms with Gasteiger partial charge in [0.05, 0.1) is 6.20 Å². The zero-order valence-corrected chi connectivity index (χ0v) is 9.85. The number of hydrogen-bond acceptors (Lipinski definition) is 5. The van der Waals surface area contributed by atoms with Crippen molar-refractivity contribution in [3.05, 3.63) is 12.4 Å². The van der Waals surface area contributed by atoms with Gasteiger partial charge in [-0.2, -0.15) is 9.82 Å². The predicted octanol–water partition coefficient (Wildman–Crippen LogP) is -0.994. The molecule has 0 aromatic carbocycles. The third-order valence-corrected chi connectivity index (χ3v) is 3.46. The second-order valence-corrected chi connectivity index (χ2v) is 5.09. The van der Waals surface area contributed by atoms with Crippen molar-refractivity contribution in [2.24, 2.45) is 0 Å². The number of carbonyl (C=O) groups is 2. The zero-order chi connectivity index (χ0) is 13.8. The van der Waals surface area contributed by atoms with Gasteiger partial charge < -0.3 is 10.2 Å². The molecule has 0 aliphatic heterocycles. The number of aromatic nitrogens is 2. The molecule has 0 amide bonds. The molecule has 0 unspecified atom stereocenters. The molecule has 1 aromatic heterocycles. The van der Waals surface area contributed by atoms with Crippen LogP contribution >= 0.6 is 0 Å². The maximum atomic E-state index is 11.7. The minimum Gasteiger partial charge on any atom is -0.481 e. The van der Waals surface area contributed by atoms with Crippen molar-refractivity contribution >= 4 is 22.0 Å². The maximum absolute atomic E-state index is 11.7. The van der Waals surface area contributed by atoms with Gasteiger partial charge in [0.2, 0.25) is 10.0 Å². The molecule has 0 fully saturated rings. The van der Waals surface area contributed by atoms with Crippen molar-refractivity contribution in [3.8, 4) is 0 Å². The Morgan fingerprint density at radius 3 is 2.56 bits per heavy atom. The Hall–Kier alpha value is -1.94. The Labute approximate surface area is 102 Å². The van der Waals surface area contributed by atoms with Crippen LogP contribution in [0.4, 0.5) is 0 Å². The first-order valence-corrected chi connectivity index (χ1v) is 6.27. The van der Waals surface area contributed by atoms with Crippen LogP contribution in [0.15, 0.2) is 17.3 Å². The molecule has 0 saturated carbocycles. The molecular weight excluding hydrogens is 266 g/mol. The number of hydrogen-bond donors (Lipinski definition) is 4. The largest absolute Gasteiger partial charge is 0.481 e. The average molecular weight is 277 g/mol. The highest BCUT2D eigenvalue weighted by Gasteiger charge is 2.26. The van der Waals surface area contributed by atoms with Crippen molar-refractivity contribution in [1.29, 1.82) is 0 Å². The van der Waals surface area contributed by atoms with E-state index in [0.717, 1.165) is 12.4 Å². The van der Waals surface area contributed by atoms with Crippen molar-refractivity contribution < 1.29 is 28.2 Å². The molecule has 0 radical (unpaired) electrons. The first-order valence-electron chi connectivity index (χ1n) is 4.78. The number of aromatic amines is 1. The van der Waals surface area contributed by atoms with Crippen molar-refractivity contribution in [1.82, 2.24) is 14.9 Å². The van der Waals surface area contributed by atoms with Crippen molar-refractivity contribution in [2.45, 2.75) is 23.8 Å². The van der Waals surface area contributed by atoms with E-state index in [1.807, 2.05) is 4.72 Å². The number of nitrogens with one attached hydrogen (secondary N) is 2. The van der Waals surface area contributed by atoms with Crippen LogP contribution in [0, 0.1) is 0 Å². The Balaban J connectivity index is 2.78. The summed E-state index contributed by atoms with van der Waals surface area (Å²) in [5.74, 6) is -2.65. The number of carboxylic acid groups (broad SMARTS) is 2. The van der Waals surface area contributed by atoms with Crippen LogP contribution in [0.2, 0.25) is 0 Å². The lowest BCUT2D eigenvalue weighted by Gasteiger charge is -2.12. The van der Waals surface area contributed by atoms with Crippen LogP contribution in [0.25, 0.3) is 0 Å². The van der Waals surface area contributed by atoms with Gasteiger partial charge in [0, 0.05) is 12.6 Å². The fourth-order valence-electron chi connectivity index (χ4n) is 1.14. The van der Waals surface area contributed by atoms with Gasteiger partial charge in [-0.1, -0.05) is 0 Å². The molecule has 10 heteroatoms. The number of sulfonamides is 1. The van der Waals surface area contributed by atoms with Gasteiger partial charge in [-0.15, -0.1) is 0 Å². The summed E-state index contributed by atoms with van der Waals surface area (Å²) in [6.07, 6.45) is 1.30. The Morgan fingerprint density at radius 1 is 1.44 bits per heavy atom. The molecule has 9 nitrogen and oxygen atoms in total. The second kappa shape index (κ2) is 5.60. The molecule has 1 heterocycles. The van der Waals surface area contributed by atoms with E-state index in [0.29, 0.717) is 0 Å².